The molecule has 154 valence electrons. The van der Waals surface area contributed by atoms with Gasteiger partial charge in [0, 0.05) is 19.2 Å². The molecule has 0 aliphatic heterocycles. The predicted octanol–water partition coefficient (Wildman–Crippen LogP) is 6.26. The summed E-state index contributed by atoms with van der Waals surface area (Å²) in [6.45, 7) is 4.23. The van der Waals surface area contributed by atoms with Crippen LogP contribution in [-0.2, 0) is 12.8 Å². The number of hydrogen-bond acceptors (Lipinski definition) is 1. The van der Waals surface area contributed by atoms with Crippen molar-refractivity contribution in [3.63, 3.8) is 0 Å². The fourth-order valence-electron chi connectivity index (χ4n) is 7.36. The van der Waals surface area contributed by atoms with Crippen molar-refractivity contribution >= 4 is 20.7 Å². The summed E-state index contributed by atoms with van der Waals surface area (Å²) in [4.78, 5) is 0. The van der Waals surface area contributed by atoms with Crippen LogP contribution in [0.2, 0.25) is 25.2 Å². The summed E-state index contributed by atoms with van der Waals surface area (Å²) in [5.74, 6) is 0.144. The first kappa shape index (κ1) is 19.5. The maximum Gasteiger partial charge on any atom is 0.165 e. The van der Waals surface area contributed by atoms with Gasteiger partial charge >= 0.3 is 0 Å². The van der Waals surface area contributed by atoms with Gasteiger partial charge in [0.25, 0.3) is 0 Å². The van der Waals surface area contributed by atoms with Crippen molar-refractivity contribution in [3.8, 4) is 0 Å². The third-order valence-electron chi connectivity index (χ3n) is 9.06. The maximum absolute atomic E-state index is 14.7. The van der Waals surface area contributed by atoms with E-state index >= 15 is 0 Å². The molecule has 6 unspecified atom stereocenters. The van der Waals surface area contributed by atoms with E-state index in [0.717, 1.165) is 35.5 Å². The molecule has 0 saturated heterocycles. The molecular formula is C22H28F4SSi. The molecule has 0 amide bonds. The number of rotatable bonds is 8. The molecule has 28 heavy (non-hydrogen) atoms. The molecule has 0 aromatic heterocycles. The molecule has 0 bridgehead atoms. The van der Waals surface area contributed by atoms with Crippen molar-refractivity contribution in [2.24, 2.45) is 35.0 Å². The van der Waals surface area contributed by atoms with Gasteiger partial charge in [-0.2, -0.15) is 12.6 Å². The van der Waals surface area contributed by atoms with Gasteiger partial charge in [-0.1, -0.05) is 19.1 Å². The zero-order valence-electron chi connectivity index (χ0n) is 16.5. The quantitative estimate of drug-likeness (QED) is 0.215. The monoisotopic (exact) mass is 428 g/mol. The number of halogens is 4. The molecule has 5 rings (SSSR count). The summed E-state index contributed by atoms with van der Waals surface area (Å²) in [5.41, 5.74) is -0.552. The number of thiol groups is 1. The lowest BCUT2D eigenvalue weighted by molar-refractivity contribution is -0.430. The van der Waals surface area contributed by atoms with Crippen molar-refractivity contribution in [3.05, 3.63) is 34.4 Å². The number of fused-ring (bicyclic) bond motifs is 2. The molecule has 0 radical (unpaired) electrons. The Morgan fingerprint density at radius 3 is 2.00 bits per heavy atom. The summed E-state index contributed by atoms with van der Waals surface area (Å²) in [6.07, 6.45) is 3.28. The highest BCUT2D eigenvalue weighted by atomic mass is 32.1. The van der Waals surface area contributed by atoms with Gasteiger partial charge in [-0.25, -0.2) is 17.6 Å². The lowest BCUT2D eigenvalue weighted by Crippen LogP contribution is -2.85. The SMILES string of the molecule is C[Si](C)(CCS)CCc1c(F)c(F)c(CCC23CC4C5CC2C5C43)c(F)c1F. The van der Waals surface area contributed by atoms with Gasteiger partial charge in [-0.15, -0.1) is 0 Å². The van der Waals surface area contributed by atoms with E-state index in [1.165, 1.54) is 12.8 Å². The van der Waals surface area contributed by atoms with E-state index in [1.54, 1.807) is 0 Å². The predicted molar refractivity (Wildman–Crippen MR) is 108 cm³/mol. The fraction of sp³-hybridized carbons (Fsp3) is 0.727. The van der Waals surface area contributed by atoms with E-state index in [9.17, 15) is 17.6 Å². The Morgan fingerprint density at radius 1 is 0.929 bits per heavy atom. The third kappa shape index (κ3) is 2.36. The molecule has 4 aliphatic carbocycles. The van der Waals surface area contributed by atoms with Crippen LogP contribution in [0.15, 0.2) is 0 Å². The van der Waals surface area contributed by atoms with Crippen molar-refractivity contribution in [2.75, 3.05) is 5.75 Å². The van der Waals surface area contributed by atoms with Crippen LogP contribution in [-0.4, -0.2) is 13.8 Å². The summed E-state index contributed by atoms with van der Waals surface area (Å²) < 4.78 is 58.7. The van der Waals surface area contributed by atoms with Gasteiger partial charge in [0.15, 0.2) is 23.3 Å². The minimum Gasteiger partial charge on any atom is -0.203 e. The molecule has 1 aromatic rings. The molecule has 0 N–H and O–H groups in total. The van der Waals surface area contributed by atoms with Crippen LogP contribution >= 0.6 is 12.6 Å². The average molecular weight is 429 g/mol. The van der Waals surface area contributed by atoms with Crippen LogP contribution in [0.3, 0.4) is 0 Å². The normalized spacial score (nSPS) is 36.8. The van der Waals surface area contributed by atoms with Crippen LogP contribution in [0.5, 0.6) is 0 Å². The van der Waals surface area contributed by atoms with Gasteiger partial charge < -0.3 is 0 Å². The van der Waals surface area contributed by atoms with Crippen molar-refractivity contribution in [1.29, 1.82) is 0 Å². The van der Waals surface area contributed by atoms with Crippen molar-refractivity contribution < 1.29 is 17.6 Å². The molecule has 0 spiro atoms. The van der Waals surface area contributed by atoms with Crippen molar-refractivity contribution in [2.45, 2.75) is 57.3 Å². The summed E-state index contributed by atoms with van der Waals surface area (Å²) in [5, 5.41) is 0. The minimum absolute atomic E-state index is 0.0532. The van der Waals surface area contributed by atoms with Gasteiger partial charge in [0.2, 0.25) is 0 Å². The van der Waals surface area contributed by atoms with Crippen LogP contribution < -0.4 is 0 Å². The summed E-state index contributed by atoms with van der Waals surface area (Å²) >= 11 is 4.24. The molecule has 0 heterocycles. The zero-order valence-corrected chi connectivity index (χ0v) is 18.4. The Morgan fingerprint density at radius 2 is 1.54 bits per heavy atom. The fourth-order valence-corrected chi connectivity index (χ4v) is 11.0. The third-order valence-corrected chi connectivity index (χ3v) is 12.9. The molecule has 4 aliphatic rings. The number of hydrogen-bond donors (Lipinski definition) is 1. The lowest BCUT2D eigenvalue weighted by Gasteiger charge is -2.91. The average Bonchev–Trinajstić information content (AvgIpc) is 2.64. The van der Waals surface area contributed by atoms with Gasteiger partial charge in [0.1, 0.15) is 0 Å². The molecule has 6 atom stereocenters. The number of benzene rings is 1. The highest BCUT2D eigenvalue weighted by Gasteiger charge is 2.85. The Balaban J connectivity index is 1.32. The van der Waals surface area contributed by atoms with Crippen molar-refractivity contribution in [1.82, 2.24) is 0 Å². The summed E-state index contributed by atoms with van der Waals surface area (Å²) in [7, 11) is -1.68. The largest absolute Gasteiger partial charge is 0.203 e. The first-order valence-corrected chi connectivity index (χ1v) is 14.7. The molecular weight excluding hydrogens is 400 g/mol. The van der Waals surface area contributed by atoms with Crippen LogP contribution in [0.1, 0.15) is 30.4 Å². The highest BCUT2D eigenvalue weighted by Crippen LogP contribution is 2.91. The second-order valence-electron chi connectivity index (χ2n) is 10.6. The van der Waals surface area contributed by atoms with Crippen LogP contribution in [0.25, 0.3) is 0 Å². The van der Waals surface area contributed by atoms with E-state index in [4.69, 9.17) is 0 Å². The van der Waals surface area contributed by atoms with E-state index in [0.29, 0.717) is 18.4 Å². The van der Waals surface area contributed by atoms with Gasteiger partial charge in [-0.05, 0) is 78.9 Å². The van der Waals surface area contributed by atoms with Gasteiger partial charge in [0.05, 0.1) is 0 Å². The van der Waals surface area contributed by atoms with E-state index < -0.39 is 36.9 Å². The molecule has 4 saturated carbocycles. The van der Waals surface area contributed by atoms with E-state index in [-0.39, 0.29) is 23.8 Å². The highest BCUT2D eigenvalue weighted by molar-refractivity contribution is 7.80. The minimum atomic E-state index is -1.68. The summed E-state index contributed by atoms with van der Waals surface area (Å²) in [6, 6.07) is 1.51. The van der Waals surface area contributed by atoms with E-state index in [1.807, 2.05) is 0 Å². The molecule has 6 heteroatoms. The molecule has 1 aromatic carbocycles. The topological polar surface area (TPSA) is 0 Å². The van der Waals surface area contributed by atoms with Crippen LogP contribution in [0, 0.1) is 58.3 Å². The Kier molecular flexibility index (Phi) is 4.35. The standard InChI is InChI=1S/C22H28F4SSi/c1-28(2,8-6-27)7-4-12-20(25)18(23)11(19(24)21(12)26)3-5-22-10-14-13-9-15(22)16(13)17(14)22/h13-17,27H,3-10H2,1-2H3. The lowest BCUT2D eigenvalue weighted by atomic mass is 9.14. The Hall–Kier alpha value is -0.493. The van der Waals surface area contributed by atoms with Crippen LogP contribution in [0.4, 0.5) is 17.6 Å². The Bertz CT molecular complexity index is 796. The maximum atomic E-state index is 14.7. The second kappa shape index (κ2) is 6.26. The smallest absolute Gasteiger partial charge is 0.165 e. The van der Waals surface area contributed by atoms with Gasteiger partial charge in [-0.3, -0.25) is 0 Å². The molecule has 4 fully saturated rings. The first-order chi connectivity index (χ1) is 13.2. The molecule has 0 nitrogen and oxygen atoms in total. The van der Waals surface area contributed by atoms with E-state index in [2.05, 4.69) is 25.7 Å². The Labute approximate surface area is 170 Å². The first-order valence-electron chi connectivity index (χ1n) is 10.7. The zero-order chi connectivity index (χ0) is 20.0. The second-order valence-corrected chi connectivity index (χ2v) is 16.3.